The van der Waals surface area contributed by atoms with Crippen LogP contribution < -0.4 is 9.47 Å². The fourth-order valence-corrected chi connectivity index (χ4v) is 3.53. The number of hydrogen-bond donors (Lipinski definition) is 0. The van der Waals surface area contributed by atoms with Gasteiger partial charge in [-0.05, 0) is 35.4 Å². The molecule has 0 N–H and O–H groups in total. The van der Waals surface area contributed by atoms with E-state index in [1.165, 1.54) is 50.6 Å². The van der Waals surface area contributed by atoms with Crippen LogP contribution in [0, 0.1) is 20.2 Å². The Hall–Kier alpha value is -4.06. The van der Waals surface area contributed by atoms with Crippen molar-refractivity contribution in [3.05, 3.63) is 79.2 Å². The van der Waals surface area contributed by atoms with Crippen molar-refractivity contribution in [2.24, 2.45) is 0 Å². The number of methoxy groups -OCH3 is 2. The molecule has 0 aliphatic carbocycles. The molecule has 12 heteroatoms. The average Bonchev–Trinajstić information content (AvgIpc) is 2.75. The highest BCUT2D eigenvalue weighted by atomic mass is 32.2. The molecule has 0 fully saturated rings. The van der Waals surface area contributed by atoms with E-state index in [4.69, 9.17) is 9.47 Å². The number of benzene rings is 2. The van der Waals surface area contributed by atoms with Crippen LogP contribution in [-0.4, -0.2) is 44.0 Å². The van der Waals surface area contributed by atoms with E-state index in [-0.39, 0.29) is 28.4 Å². The second-order valence-corrected chi connectivity index (χ2v) is 8.17. The van der Waals surface area contributed by atoms with E-state index in [2.05, 4.69) is 0 Å². The molecule has 2 aromatic rings. The molecule has 0 heterocycles. The van der Waals surface area contributed by atoms with Crippen LogP contribution in [0.3, 0.4) is 0 Å². The Kier molecular flexibility index (Phi) is 7.80. The average molecular weight is 462 g/mol. The minimum Gasteiger partial charge on any atom is -0.490 e. The smallest absolute Gasteiger partial charge is 0.311 e. The van der Waals surface area contributed by atoms with Gasteiger partial charge in [0.05, 0.1) is 24.1 Å². The van der Waals surface area contributed by atoms with Crippen molar-refractivity contribution in [1.29, 1.82) is 0 Å². The number of nitrogens with zero attached hydrogens (tertiary/aromatic N) is 2. The summed E-state index contributed by atoms with van der Waals surface area (Å²) in [5, 5.41) is 22.9. The zero-order valence-electron chi connectivity index (χ0n) is 17.0. The Balaban J connectivity index is 2.13. The number of rotatable bonds is 10. The first-order valence-corrected chi connectivity index (χ1v) is 10.5. The van der Waals surface area contributed by atoms with Gasteiger partial charge in [0.25, 0.3) is 0 Å². The van der Waals surface area contributed by atoms with E-state index in [9.17, 15) is 33.4 Å². The normalized spacial score (nSPS) is 11.6. The molecular formula is C20H18N2O9S. The SMILES string of the molecule is COc1ccc(/C=C/C(=O)CS(=O)(=O)/C=C/c2ccc(OC)c([N+](=O)[O-])c2)cc1[N+](=O)[O-]. The molecule has 0 aliphatic heterocycles. The highest BCUT2D eigenvalue weighted by Crippen LogP contribution is 2.29. The van der Waals surface area contributed by atoms with Crippen molar-refractivity contribution in [2.75, 3.05) is 20.0 Å². The van der Waals surface area contributed by atoms with Gasteiger partial charge < -0.3 is 9.47 Å². The van der Waals surface area contributed by atoms with Crippen molar-refractivity contribution < 1.29 is 32.5 Å². The molecule has 2 rings (SSSR count). The second kappa shape index (κ2) is 10.3. The van der Waals surface area contributed by atoms with Crippen LogP contribution in [0.25, 0.3) is 12.2 Å². The molecule has 168 valence electrons. The first kappa shape index (κ1) is 24.2. The first-order valence-electron chi connectivity index (χ1n) is 8.83. The van der Waals surface area contributed by atoms with E-state index in [0.29, 0.717) is 5.56 Å². The lowest BCUT2D eigenvalue weighted by atomic mass is 10.1. The number of nitro groups is 2. The number of carbonyl (C=O) groups excluding carboxylic acids is 1. The highest BCUT2D eigenvalue weighted by molar-refractivity contribution is 7.95. The van der Waals surface area contributed by atoms with E-state index in [1.54, 1.807) is 0 Å². The number of sulfone groups is 1. The minimum atomic E-state index is -3.98. The summed E-state index contributed by atoms with van der Waals surface area (Å²) in [6.07, 6.45) is 3.38. The molecule has 0 saturated heterocycles. The van der Waals surface area contributed by atoms with Crippen LogP contribution >= 0.6 is 0 Å². The lowest BCUT2D eigenvalue weighted by molar-refractivity contribution is -0.385. The van der Waals surface area contributed by atoms with Crippen LogP contribution in [-0.2, 0) is 14.6 Å². The molecule has 0 aliphatic rings. The van der Waals surface area contributed by atoms with Gasteiger partial charge in [0.2, 0.25) is 0 Å². The fraction of sp³-hybridized carbons (Fsp3) is 0.150. The Morgan fingerprint density at radius 3 is 1.81 bits per heavy atom. The molecule has 32 heavy (non-hydrogen) atoms. The summed E-state index contributed by atoms with van der Waals surface area (Å²) in [4.78, 5) is 32.8. The van der Waals surface area contributed by atoms with Crippen LogP contribution in [0.2, 0.25) is 0 Å². The molecule has 0 amide bonds. The van der Waals surface area contributed by atoms with Crippen molar-refractivity contribution in [3.63, 3.8) is 0 Å². The summed E-state index contributed by atoms with van der Waals surface area (Å²) < 4.78 is 34.1. The van der Waals surface area contributed by atoms with Crippen LogP contribution in [0.1, 0.15) is 11.1 Å². The lowest BCUT2D eigenvalue weighted by Gasteiger charge is -2.02. The number of carbonyl (C=O) groups is 1. The zero-order valence-corrected chi connectivity index (χ0v) is 17.8. The second-order valence-electron chi connectivity index (χ2n) is 6.29. The lowest BCUT2D eigenvalue weighted by Crippen LogP contribution is -2.11. The van der Waals surface area contributed by atoms with Gasteiger partial charge in [0.15, 0.2) is 27.1 Å². The van der Waals surface area contributed by atoms with Gasteiger partial charge in [-0.15, -0.1) is 0 Å². The minimum absolute atomic E-state index is 0.0223. The van der Waals surface area contributed by atoms with E-state index < -0.39 is 31.2 Å². The number of allylic oxidation sites excluding steroid dienone is 1. The van der Waals surface area contributed by atoms with Gasteiger partial charge in [-0.25, -0.2) is 8.42 Å². The van der Waals surface area contributed by atoms with Gasteiger partial charge in [0, 0.05) is 17.5 Å². The number of nitro benzene ring substituents is 2. The molecule has 0 unspecified atom stereocenters. The Morgan fingerprint density at radius 1 is 0.906 bits per heavy atom. The summed E-state index contributed by atoms with van der Waals surface area (Å²) in [5.41, 5.74) is -0.0928. The van der Waals surface area contributed by atoms with Crippen molar-refractivity contribution in [3.8, 4) is 11.5 Å². The monoisotopic (exact) mass is 462 g/mol. The predicted molar refractivity (Wildman–Crippen MR) is 116 cm³/mol. The summed E-state index contributed by atoms with van der Waals surface area (Å²) in [6, 6.07) is 7.91. The van der Waals surface area contributed by atoms with Crippen LogP contribution in [0.4, 0.5) is 11.4 Å². The van der Waals surface area contributed by atoms with Crippen molar-refractivity contribution in [2.45, 2.75) is 0 Å². The Morgan fingerprint density at radius 2 is 1.38 bits per heavy atom. The fourth-order valence-electron chi connectivity index (χ4n) is 2.57. The molecule has 0 atom stereocenters. The maximum atomic E-state index is 12.2. The van der Waals surface area contributed by atoms with Crippen LogP contribution in [0.15, 0.2) is 47.9 Å². The highest BCUT2D eigenvalue weighted by Gasteiger charge is 2.16. The third kappa shape index (κ3) is 6.47. The quantitative estimate of drug-likeness (QED) is 0.294. The number of ether oxygens (including phenoxy) is 2. The van der Waals surface area contributed by atoms with E-state index in [0.717, 1.165) is 23.6 Å². The zero-order chi connectivity index (χ0) is 23.9. The number of hydrogen-bond acceptors (Lipinski definition) is 9. The van der Waals surface area contributed by atoms with Crippen LogP contribution in [0.5, 0.6) is 11.5 Å². The maximum absolute atomic E-state index is 12.2. The third-order valence-electron chi connectivity index (χ3n) is 4.07. The summed E-state index contributed by atoms with van der Waals surface area (Å²) in [6.45, 7) is 0. The van der Waals surface area contributed by atoms with E-state index in [1.807, 2.05) is 0 Å². The summed E-state index contributed by atoms with van der Waals surface area (Å²) in [5.74, 6) is -1.54. The molecule has 0 spiro atoms. The Labute approximate surface area is 182 Å². The summed E-state index contributed by atoms with van der Waals surface area (Å²) in [7, 11) is -1.42. The number of ketones is 1. The van der Waals surface area contributed by atoms with Crippen molar-refractivity contribution >= 4 is 39.1 Å². The van der Waals surface area contributed by atoms with Gasteiger partial charge >= 0.3 is 11.4 Å². The molecule has 2 aromatic carbocycles. The third-order valence-corrected chi connectivity index (χ3v) is 5.31. The molecule has 0 aromatic heterocycles. The molecular weight excluding hydrogens is 444 g/mol. The molecule has 0 radical (unpaired) electrons. The predicted octanol–water partition coefficient (Wildman–Crippen LogP) is 3.19. The first-order chi connectivity index (χ1) is 15.1. The maximum Gasteiger partial charge on any atom is 0.311 e. The van der Waals surface area contributed by atoms with E-state index >= 15 is 0 Å². The molecule has 0 bridgehead atoms. The van der Waals surface area contributed by atoms with Crippen molar-refractivity contribution in [1.82, 2.24) is 0 Å². The Bertz CT molecular complexity index is 1220. The largest absolute Gasteiger partial charge is 0.490 e. The van der Waals surface area contributed by atoms with Gasteiger partial charge in [-0.3, -0.25) is 25.0 Å². The summed E-state index contributed by atoms with van der Waals surface area (Å²) >= 11 is 0. The van der Waals surface area contributed by atoms with Gasteiger partial charge in [-0.2, -0.15) is 0 Å². The van der Waals surface area contributed by atoms with Gasteiger partial charge in [0.1, 0.15) is 5.75 Å². The standard InChI is InChI=1S/C20H18N2O9S/c1-30-19-7-4-14(11-17(19)21(24)25)3-6-16(23)13-32(28,29)10-9-15-5-8-20(31-2)18(12-15)22(26)27/h3-12H,13H2,1-2H3/b6-3+,10-9+. The molecule has 11 nitrogen and oxygen atoms in total. The topological polar surface area (TPSA) is 156 Å². The molecule has 0 saturated carbocycles. The van der Waals surface area contributed by atoms with Gasteiger partial charge in [-0.1, -0.05) is 18.2 Å².